The molecule has 4 rings (SSSR count). The highest BCUT2D eigenvalue weighted by Gasteiger charge is 2.62. The number of thiazole rings is 1. The molecule has 2 aromatic carbocycles. The van der Waals surface area contributed by atoms with E-state index in [0.717, 1.165) is 11.3 Å². The van der Waals surface area contributed by atoms with E-state index in [1.807, 2.05) is 0 Å². The number of alkyl halides is 3. The number of aliphatic hydroxyl groups is 1. The second-order valence-corrected chi connectivity index (χ2v) is 7.87. The van der Waals surface area contributed by atoms with E-state index in [0.29, 0.717) is 32.6 Å². The van der Waals surface area contributed by atoms with Crippen LogP contribution in [-0.2, 0) is 0 Å². The summed E-state index contributed by atoms with van der Waals surface area (Å²) in [5.74, 6) is 0.650. The summed E-state index contributed by atoms with van der Waals surface area (Å²) in [5.41, 5.74) is -1.49. The van der Waals surface area contributed by atoms with Crippen LogP contribution in [0.5, 0.6) is 5.75 Å². The highest BCUT2D eigenvalue weighted by atomic mass is 35.5. The lowest BCUT2D eigenvalue weighted by Gasteiger charge is -2.32. The average molecular weight is 454 g/mol. The van der Waals surface area contributed by atoms with Crippen LogP contribution < -0.4 is 9.75 Å². The summed E-state index contributed by atoms with van der Waals surface area (Å²) in [6.07, 6.45) is -5.67. The van der Waals surface area contributed by atoms with E-state index in [-0.39, 0.29) is 10.8 Å². The fraction of sp³-hybridized carbons (Fsp3) is 0.200. The van der Waals surface area contributed by atoms with Gasteiger partial charge in [0.2, 0.25) is 5.13 Å². The summed E-state index contributed by atoms with van der Waals surface area (Å²) < 4.78 is 46.6. The topological polar surface area (TPSA) is 58.0 Å². The molecule has 5 nitrogen and oxygen atoms in total. The van der Waals surface area contributed by atoms with Crippen molar-refractivity contribution in [1.29, 1.82) is 0 Å². The van der Waals surface area contributed by atoms with E-state index in [9.17, 15) is 18.3 Å². The Morgan fingerprint density at radius 3 is 2.33 bits per heavy atom. The van der Waals surface area contributed by atoms with E-state index in [2.05, 4.69) is 10.1 Å². The zero-order valence-electron chi connectivity index (χ0n) is 15.5. The molecule has 0 fully saturated rings. The fourth-order valence-electron chi connectivity index (χ4n) is 3.03. The van der Waals surface area contributed by atoms with Crippen molar-refractivity contribution in [2.45, 2.75) is 18.3 Å². The van der Waals surface area contributed by atoms with Gasteiger partial charge in [0.05, 0.1) is 24.9 Å². The van der Waals surface area contributed by atoms with Crippen molar-refractivity contribution in [3.05, 3.63) is 64.5 Å². The van der Waals surface area contributed by atoms with Crippen molar-refractivity contribution in [3.8, 4) is 17.0 Å². The van der Waals surface area contributed by atoms with Gasteiger partial charge in [0.25, 0.3) is 5.72 Å². The van der Waals surface area contributed by atoms with Gasteiger partial charge < -0.3 is 9.84 Å². The minimum atomic E-state index is -4.95. The van der Waals surface area contributed by atoms with Gasteiger partial charge in [0.1, 0.15) is 5.75 Å². The molecule has 0 amide bonds. The summed E-state index contributed by atoms with van der Waals surface area (Å²) >= 11 is 6.82. The van der Waals surface area contributed by atoms with Gasteiger partial charge in [0, 0.05) is 16.0 Å². The lowest BCUT2D eigenvalue weighted by molar-refractivity contribution is -0.254. The van der Waals surface area contributed by atoms with Gasteiger partial charge in [-0.2, -0.15) is 23.3 Å². The van der Waals surface area contributed by atoms with E-state index >= 15 is 0 Å². The monoisotopic (exact) mass is 453 g/mol. The SMILES string of the molecule is COc1ccc(-c2csc(N3N=C(c4ccc(Cl)cc4)C[C@@]3(O)C(F)(F)F)n2)cc1. The Labute approximate surface area is 179 Å². The number of anilines is 1. The maximum absolute atomic E-state index is 13.8. The highest BCUT2D eigenvalue weighted by molar-refractivity contribution is 7.14. The molecule has 0 bridgehead atoms. The molecule has 1 N–H and O–H groups in total. The van der Waals surface area contributed by atoms with E-state index in [4.69, 9.17) is 16.3 Å². The van der Waals surface area contributed by atoms with Crippen LogP contribution in [0, 0.1) is 0 Å². The first-order chi connectivity index (χ1) is 14.2. The van der Waals surface area contributed by atoms with Gasteiger partial charge in [-0.1, -0.05) is 23.7 Å². The van der Waals surface area contributed by atoms with Crippen molar-refractivity contribution in [2.75, 3.05) is 12.1 Å². The molecule has 0 aliphatic carbocycles. The van der Waals surface area contributed by atoms with Crippen molar-refractivity contribution >= 4 is 33.8 Å². The van der Waals surface area contributed by atoms with Gasteiger partial charge in [-0.3, -0.25) is 0 Å². The number of aromatic nitrogens is 1. The number of hydrazone groups is 1. The zero-order valence-corrected chi connectivity index (χ0v) is 17.1. The predicted octanol–water partition coefficient (Wildman–Crippen LogP) is 5.34. The second kappa shape index (κ2) is 7.57. The fourth-order valence-corrected chi connectivity index (χ4v) is 4.00. The Bertz CT molecular complexity index is 1080. The number of hydrogen-bond donors (Lipinski definition) is 1. The predicted molar refractivity (Wildman–Crippen MR) is 110 cm³/mol. The molecule has 1 atom stereocenters. The van der Waals surface area contributed by atoms with Crippen molar-refractivity contribution in [1.82, 2.24) is 4.98 Å². The molecule has 0 unspecified atom stereocenters. The van der Waals surface area contributed by atoms with Crippen LogP contribution in [0.4, 0.5) is 18.3 Å². The quantitative estimate of drug-likeness (QED) is 0.579. The van der Waals surface area contributed by atoms with Crippen molar-refractivity contribution in [3.63, 3.8) is 0 Å². The molecular formula is C20H15ClF3N3O2S. The molecule has 1 aliphatic heterocycles. The lowest BCUT2D eigenvalue weighted by atomic mass is 10.0. The van der Waals surface area contributed by atoms with Crippen molar-refractivity contribution in [2.24, 2.45) is 5.10 Å². The van der Waals surface area contributed by atoms with Crippen LogP contribution in [-0.4, -0.2) is 34.8 Å². The molecule has 3 aromatic rings. The number of hydrogen-bond acceptors (Lipinski definition) is 6. The first kappa shape index (κ1) is 20.6. The summed E-state index contributed by atoms with van der Waals surface area (Å²) in [6, 6.07) is 13.2. The molecule has 0 saturated carbocycles. The smallest absolute Gasteiger partial charge is 0.438 e. The first-order valence-electron chi connectivity index (χ1n) is 8.74. The Hall–Kier alpha value is -2.62. The molecule has 1 aromatic heterocycles. The van der Waals surface area contributed by atoms with Crippen LogP contribution in [0.25, 0.3) is 11.3 Å². The number of ether oxygens (including phenoxy) is 1. The van der Waals surface area contributed by atoms with Crippen molar-refractivity contribution < 1.29 is 23.0 Å². The van der Waals surface area contributed by atoms with E-state index in [1.54, 1.807) is 53.9 Å². The molecule has 30 heavy (non-hydrogen) atoms. The largest absolute Gasteiger partial charge is 0.497 e. The van der Waals surface area contributed by atoms with Gasteiger partial charge >= 0.3 is 6.18 Å². The van der Waals surface area contributed by atoms with Crippen LogP contribution in [0.1, 0.15) is 12.0 Å². The molecule has 2 heterocycles. The van der Waals surface area contributed by atoms with E-state index in [1.165, 1.54) is 7.11 Å². The molecule has 0 saturated heterocycles. The third-order valence-electron chi connectivity index (χ3n) is 4.68. The number of rotatable bonds is 4. The maximum Gasteiger partial charge on any atom is 0.438 e. The van der Waals surface area contributed by atoms with Gasteiger partial charge in [-0.25, -0.2) is 4.98 Å². The summed E-state index contributed by atoms with van der Waals surface area (Å²) in [6.45, 7) is 0. The Kier molecular flexibility index (Phi) is 5.21. The molecule has 156 valence electrons. The molecule has 0 radical (unpaired) electrons. The third kappa shape index (κ3) is 3.64. The van der Waals surface area contributed by atoms with Crippen LogP contribution in [0.2, 0.25) is 5.02 Å². The van der Waals surface area contributed by atoms with Crippen LogP contribution in [0.3, 0.4) is 0 Å². The Morgan fingerprint density at radius 1 is 1.10 bits per heavy atom. The Balaban J connectivity index is 1.72. The third-order valence-corrected chi connectivity index (χ3v) is 5.74. The Morgan fingerprint density at radius 2 is 1.73 bits per heavy atom. The van der Waals surface area contributed by atoms with Crippen LogP contribution in [0.15, 0.2) is 59.0 Å². The lowest BCUT2D eigenvalue weighted by Crippen LogP contribution is -2.55. The zero-order chi connectivity index (χ0) is 21.5. The van der Waals surface area contributed by atoms with Gasteiger partial charge in [0.15, 0.2) is 0 Å². The first-order valence-corrected chi connectivity index (χ1v) is 10.00. The minimum absolute atomic E-state index is 0.0652. The molecular weight excluding hydrogens is 439 g/mol. The summed E-state index contributed by atoms with van der Waals surface area (Å²) in [7, 11) is 1.54. The highest BCUT2D eigenvalue weighted by Crippen LogP contribution is 2.45. The standard InChI is InChI=1S/C20H15ClF3N3O2S/c1-29-15-8-4-13(5-9-15)17-11-30-18(25-17)27-19(28,20(22,23)24)10-16(26-27)12-2-6-14(21)7-3-12/h2-9,11,28H,10H2,1H3/t19-/m1/s1. The number of nitrogens with zero attached hydrogens (tertiary/aromatic N) is 3. The summed E-state index contributed by atoms with van der Waals surface area (Å²) in [4.78, 5) is 4.28. The second-order valence-electron chi connectivity index (χ2n) is 6.60. The normalized spacial score (nSPS) is 19.1. The molecule has 1 aliphatic rings. The van der Waals surface area contributed by atoms with Gasteiger partial charge in [-0.15, -0.1) is 11.3 Å². The number of methoxy groups -OCH3 is 1. The summed E-state index contributed by atoms with van der Waals surface area (Å²) in [5, 5.41) is 17.2. The minimum Gasteiger partial charge on any atom is -0.497 e. The molecule has 10 heteroatoms. The van der Waals surface area contributed by atoms with Crippen LogP contribution >= 0.6 is 22.9 Å². The number of benzene rings is 2. The average Bonchev–Trinajstić information content (AvgIpc) is 3.33. The maximum atomic E-state index is 13.8. The molecule has 0 spiro atoms. The van der Waals surface area contributed by atoms with Gasteiger partial charge in [-0.05, 0) is 42.0 Å². The van der Waals surface area contributed by atoms with E-state index < -0.39 is 18.3 Å². The number of halogens is 4.